The van der Waals surface area contributed by atoms with E-state index in [4.69, 9.17) is 0 Å². The van der Waals surface area contributed by atoms with Crippen molar-refractivity contribution in [3.63, 3.8) is 0 Å². The van der Waals surface area contributed by atoms with E-state index in [2.05, 4.69) is 4.18 Å². The van der Waals surface area contributed by atoms with Gasteiger partial charge in [-0.1, -0.05) is 0 Å². The second kappa shape index (κ2) is 2.81. The van der Waals surface area contributed by atoms with E-state index in [-0.39, 0.29) is 12.4 Å². The molecule has 1 saturated carbocycles. The van der Waals surface area contributed by atoms with E-state index in [1.807, 2.05) is 0 Å². The van der Waals surface area contributed by atoms with Crippen LogP contribution < -0.4 is 0 Å². The summed E-state index contributed by atoms with van der Waals surface area (Å²) in [4.78, 5) is 11.0. The summed E-state index contributed by atoms with van der Waals surface area (Å²) in [6.07, 6.45) is 2.49. The lowest BCUT2D eigenvalue weighted by atomic mass is 10.0. The Hall–Kier alpha value is -0.420. The SMILES string of the molecule is CC(=O)C1(COS(C)(=O)=O)CC1. The highest BCUT2D eigenvalue weighted by Crippen LogP contribution is 2.46. The average Bonchev–Trinajstić information content (AvgIpc) is 2.61. The number of hydrogen-bond acceptors (Lipinski definition) is 4. The molecule has 1 fully saturated rings. The number of carbonyl (C=O) groups excluding carboxylic acids is 1. The molecule has 0 bridgehead atoms. The number of carbonyl (C=O) groups is 1. The molecule has 0 amide bonds. The van der Waals surface area contributed by atoms with Crippen LogP contribution in [0.25, 0.3) is 0 Å². The summed E-state index contributed by atoms with van der Waals surface area (Å²) in [6, 6.07) is 0. The molecule has 0 aromatic heterocycles. The van der Waals surface area contributed by atoms with Gasteiger partial charge in [0.05, 0.1) is 18.3 Å². The van der Waals surface area contributed by atoms with Crippen molar-refractivity contribution in [2.45, 2.75) is 19.8 Å². The van der Waals surface area contributed by atoms with Gasteiger partial charge >= 0.3 is 0 Å². The van der Waals surface area contributed by atoms with Crippen molar-refractivity contribution in [1.29, 1.82) is 0 Å². The molecule has 70 valence electrons. The molecule has 0 aromatic carbocycles. The number of rotatable bonds is 4. The third-order valence-corrected chi connectivity index (χ3v) is 2.70. The fourth-order valence-corrected chi connectivity index (χ4v) is 1.41. The van der Waals surface area contributed by atoms with Crippen molar-refractivity contribution in [2.75, 3.05) is 12.9 Å². The van der Waals surface area contributed by atoms with Crippen LogP contribution in [0.15, 0.2) is 0 Å². The van der Waals surface area contributed by atoms with Gasteiger partial charge in [0.15, 0.2) is 0 Å². The van der Waals surface area contributed by atoms with Crippen molar-refractivity contribution in [3.8, 4) is 0 Å². The van der Waals surface area contributed by atoms with E-state index in [1.54, 1.807) is 0 Å². The maximum atomic E-state index is 11.0. The highest BCUT2D eigenvalue weighted by Gasteiger charge is 2.48. The summed E-state index contributed by atoms with van der Waals surface area (Å²) in [5.74, 6) is 0.0196. The molecule has 0 heterocycles. The van der Waals surface area contributed by atoms with Crippen LogP contribution in [0.5, 0.6) is 0 Å². The minimum atomic E-state index is -3.40. The minimum absolute atomic E-state index is 0.0150. The molecule has 0 radical (unpaired) electrons. The van der Waals surface area contributed by atoms with Crippen LogP contribution in [0.4, 0.5) is 0 Å². The Morgan fingerprint density at radius 1 is 1.50 bits per heavy atom. The molecule has 1 aliphatic rings. The Labute approximate surface area is 72.0 Å². The molecule has 5 heteroatoms. The highest BCUT2D eigenvalue weighted by molar-refractivity contribution is 7.85. The highest BCUT2D eigenvalue weighted by atomic mass is 32.2. The second-order valence-corrected chi connectivity index (χ2v) is 4.95. The van der Waals surface area contributed by atoms with Crippen molar-refractivity contribution >= 4 is 15.9 Å². The Bertz CT molecular complexity index is 287. The Kier molecular flexibility index (Phi) is 2.27. The summed E-state index contributed by atoms with van der Waals surface area (Å²) < 4.78 is 25.8. The maximum Gasteiger partial charge on any atom is 0.264 e. The molecule has 0 spiro atoms. The van der Waals surface area contributed by atoms with Crippen LogP contribution in [0, 0.1) is 5.41 Å². The standard InChI is InChI=1S/C7H12O4S/c1-6(8)7(3-4-7)5-11-12(2,9)10/h3-5H2,1-2H3. The minimum Gasteiger partial charge on any atom is -0.299 e. The van der Waals surface area contributed by atoms with Crippen molar-refractivity contribution in [2.24, 2.45) is 5.41 Å². The number of Topliss-reactive ketones (excluding diaryl/α,β-unsaturated/α-hetero) is 1. The van der Waals surface area contributed by atoms with Crippen LogP contribution in [-0.4, -0.2) is 27.1 Å². The van der Waals surface area contributed by atoms with E-state index in [0.29, 0.717) is 0 Å². The lowest BCUT2D eigenvalue weighted by Crippen LogP contribution is -2.21. The van der Waals surface area contributed by atoms with E-state index in [9.17, 15) is 13.2 Å². The first-order chi connectivity index (χ1) is 5.36. The monoisotopic (exact) mass is 192 g/mol. The molecular weight excluding hydrogens is 180 g/mol. The van der Waals surface area contributed by atoms with Crippen LogP contribution in [0.3, 0.4) is 0 Å². The Morgan fingerprint density at radius 3 is 2.25 bits per heavy atom. The lowest BCUT2D eigenvalue weighted by Gasteiger charge is -2.09. The predicted molar refractivity (Wildman–Crippen MR) is 43.1 cm³/mol. The zero-order valence-corrected chi connectivity index (χ0v) is 7.98. The number of ketones is 1. The topological polar surface area (TPSA) is 60.4 Å². The zero-order chi connectivity index (χ0) is 9.41. The third-order valence-electron chi connectivity index (χ3n) is 2.15. The Morgan fingerprint density at radius 2 is 2.00 bits per heavy atom. The maximum absolute atomic E-state index is 11.0. The van der Waals surface area contributed by atoms with Crippen LogP contribution >= 0.6 is 0 Å². The fraction of sp³-hybridized carbons (Fsp3) is 0.857. The molecule has 0 saturated heterocycles. The summed E-state index contributed by atoms with van der Waals surface area (Å²) in [6.45, 7) is 1.49. The van der Waals surface area contributed by atoms with Gasteiger partial charge in [-0.15, -0.1) is 0 Å². The second-order valence-electron chi connectivity index (χ2n) is 3.30. The Balaban J connectivity index is 2.48. The average molecular weight is 192 g/mol. The molecule has 1 aliphatic carbocycles. The van der Waals surface area contributed by atoms with Crippen molar-refractivity contribution < 1.29 is 17.4 Å². The van der Waals surface area contributed by atoms with Gasteiger partial charge in [0.25, 0.3) is 10.1 Å². The van der Waals surface area contributed by atoms with Crippen molar-refractivity contribution in [1.82, 2.24) is 0 Å². The summed E-state index contributed by atoms with van der Waals surface area (Å²) in [7, 11) is -3.40. The predicted octanol–water partition coefficient (Wildman–Crippen LogP) is 0.332. The van der Waals surface area contributed by atoms with Gasteiger partial charge in [-0.25, -0.2) is 0 Å². The molecule has 0 aromatic rings. The molecule has 1 rings (SSSR count). The normalized spacial score (nSPS) is 20.5. The smallest absolute Gasteiger partial charge is 0.264 e. The van der Waals surface area contributed by atoms with Crippen molar-refractivity contribution in [3.05, 3.63) is 0 Å². The third kappa shape index (κ3) is 2.28. The molecule has 4 nitrogen and oxygen atoms in total. The summed E-state index contributed by atoms with van der Waals surface area (Å²) >= 11 is 0. The quantitative estimate of drug-likeness (QED) is 0.602. The molecule has 0 aliphatic heterocycles. The van der Waals surface area contributed by atoms with Gasteiger partial charge in [-0.3, -0.25) is 8.98 Å². The first-order valence-electron chi connectivity index (χ1n) is 3.71. The molecular formula is C7H12O4S. The molecule has 0 atom stereocenters. The summed E-state index contributed by atoms with van der Waals surface area (Å²) in [5.41, 5.74) is -0.483. The fourth-order valence-electron chi connectivity index (χ4n) is 0.969. The molecule has 0 unspecified atom stereocenters. The van der Waals surface area contributed by atoms with Crippen LogP contribution in [0.1, 0.15) is 19.8 Å². The van der Waals surface area contributed by atoms with Gasteiger partial charge in [0.2, 0.25) is 0 Å². The van der Waals surface area contributed by atoms with E-state index < -0.39 is 15.5 Å². The van der Waals surface area contributed by atoms with E-state index in [0.717, 1.165) is 19.1 Å². The summed E-state index contributed by atoms with van der Waals surface area (Å²) in [5, 5.41) is 0. The zero-order valence-electron chi connectivity index (χ0n) is 7.16. The van der Waals surface area contributed by atoms with Gasteiger partial charge in [-0.05, 0) is 19.8 Å². The van der Waals surface area contributed by atoms with Crippen LogP contribution in [0.2, 0.25) is 0 Å². The van der Waals surface area contributed by atoms with Gasteiger partial charge in [0.1, 0.15) is 5.78 Å². The first kappa shape index (κ1) is 9.67. The van der Waals surface area contributed by atoms with Gasteiger partial charge in [-0.2, -0.15) is 8.42 Å². The molecule has 12 heavy (non-hydrogen) atoms. The lowest BCUT2D eigenvalue weighted by molar-refractivity contribution is -0.122. The first-order valence-corrected chi connectivity index (χ1v) is 5.53. The van der Waals surface area contributed by atoms with E-state index in [1.165, 1.54) is 6.92 Å². The van der Waals surface area contributed by atoms with E-state index >= 15 is 0 Å². The van der Waals surface area contributed by atoms with Gasteiger partial charge < -0.3 is 0 Å². The largest absolute Gasteiger partial charge is 0.299 e. The molecule has 0 N–H and O–H groups in total. The van der Waals surface area contributed by atoms with Crippen LogP contribution in [-0.2, 0) is 19.1 Å². The number of hydrogen-bond donors (Lipinski definition) is 0. The van der Waals surface area contributed by atoms with Gasteiger partial charge in [0, 0.05) is 0 Å².